The molecule has 1 saturated heterocycles. The summed E-state index contributed by atoms with van der Waals surface area (Å²) in [7, 11) is 1.54. The molecule has 3 rings (SSSR count). The lowest BCUT2D eigenvalue weighted by Crippen LogP contribution is -2.28. The number of nitrogens with zero attached hydrogens (tertiary/aromatic N) is 1. The standard InChI is InChI=1S/C16H13ClFNO2S/c1-21-14-6-5-11(17)8-13(14)19-15(20)9-22-16(19)10-3-2-4-12(18)7-10/h2-8,16H,9H2,1H3/t16-/m0/s1. The predicted molar refractivity (Wildman–Crippen MR) is 87.1 cm³/mol. The smallest absolute Gasteiger partial charge is 0.238 e. The van der Waals surface area contributed by atoms with E-state index in [-0.39, 0.29) is 17.1 Å². The van der Waals surface area contributed by atoms with Crippen LogP contribution in [-0.2, 0) is 4.79 Å². The summed E-state index contributed by atoms with van der Waals surface area (Å²) in [4.78, 5) is 14.0. The van der Waals surface area contributed by atoms with Gasteiger partial charge in [-0.3, -0.25) is 9.69 Å². The summed E-state index contributed by atoms with van der Waals surface area (Å²) in [6.07, 6.45) is 0. The van der Waals surface area contributed by atoms with Crippen LogP contribution in [-0.4, -0.2) is 18.8 Å². The van der Waals surface area contributed by atoms with Crippen molar-refractivity contribution in [2.45, 2.75) is 5.37 Å². The molecule has 0 radical (unpaired) electrons. The Morgan fingerprint density at radius 3 is 2.86 bits per heavy atom. The molecule has 6 heteroatoms. The average molecular weight is 338 g/mol. The Balaban J connectivity index is 2.07. The molecule has 2 aromatic rings. The van der Waals surface area contributed by atoms with Crippen LogP contribution in [0.4, 0.5) is 10.1 Å². The zero-order valence-corrected chi connectivity index (χ0v) is 13.3. The number of amides is 1. The molecule has 0 aliphatic carbocycles. The largest absolute Gasteiger partial charge is 0.495 e. The van der Waals surface area contributed by atoms with E-state index in [1.54, 1.807) is 29.2 Å². The summed E-state index contributed by atoms with van der Waals surface area (Å²) < 4.78 is 18.8. The number of thioether (sulfide) groups is 1. The van der Waals surface area contributed by atoms with Crippen molar-refractivity contribution >= 4 is 35.0 Å². The molecule has 0 bridgehead atoms. The summed E-state index contributed by atoms with van der Waals surface area (Å²) in [5.74, 6) is 0.508. The second-order valence-electron chi connectivity index (χ2n) is 4.80. The predicted octanol–water partition coefficient (Wildman–Crippen LogP) is 4.27. The lowest BCUT2D eigenvalue weighted by Gasteiger charge is -2.26. The summed E-state index contributed by atoms with van der Waals surface area (Å²) in [5.41, 5.74) is 1.33. The number of benzene rings is 2. The Kier molecular flexibility index (Phi) is 4.27. The molecule has 0 N–H and O–H groups in total. The van der Waals surface area contributed by atoms with Crippen LogP contribution in [0, 0.1) is 5.82 Å². The number of hydrogen-bond acceptors (Lipinski definition) is 3. The molecule has 114 valence electrons. The van der Waals surface area contributed by atoms with Crippen molar-refractivity contribution < 1.29 is 13.9 Å². The van der Waals surface area contributed by atoms with Gasteiger partial charge in [0.1, 0.15) is 16.9 Å². The number of methoxy groups -OCH3 is 1. The number of carbonyl (C=O) groups is 1. The molecule has 1 fully saturated rings. The molecule has 1 amide bonds. The van der Waals surface area contributed by atoms with Crippen LogP contribution in [0.2, 0.25) is 5.02 Å². The van der Waals surface area contributed by atoms with Gasteiger partial charge in [-0.05, 0) is 35.9 Å². The number of rotatable bonds is 3. The molecule has 1 aliphatic rings. The first kappa shape index (κ1) is 15.2. The van der Waals surface area contributed by atoms with E-state index in [2.05, 4.69) is 0 Å². The molecule has 0 unspecified atom stereocenters. The lowest BCUT2D eigenvalue weighted by molar-refractivity contribution is -0.115. The fraction of sp³-hybridized carbons (Fsp3) is 0.188. The van der Waals surface area contributed by atoms with E-state index < -0.39 is 0 Å². The van der Waals surface area contributed by atoms with E-state index in [1.165, 1.54) is 31.0 Å². The van der Waals surface area contributed by atoms with Gasteiger partial charge in [0.25, 0.3) is 0 Å². The third kappa shape index (κ3) is 2.78. The molecule has 0 aromatic heterocycles. The van der Waals surface area contributed by atoms with E-state index in [9.17, 15) is 9.18 Å². The van der Waals surface area contributed by atoms with Crippen LogP contribution >= 0.6 is 23.4 Å². The molecule has 2 aromatic carbocycles. The molecular weight excluding hydrogens is 325 g/mol. The van der Waals surface area contributed by atoms with Crippen molar-refractivity contribution in [1.29, 1.82) is 0 Å². The highest BCUT2D eigenvalue weighted by Gasteiger charge is 2.35. The maximum atomic E-state index is 13.5. The van der Waals surface area contributed by atoms with Crippen molar-refractivity contribution in [2.24, 2.45) is 0 Å². The molecule has 0 spiro atoms. The Bertz CT molecular complexity index is 725. The molecule has 1 atom stereocenters. The van der Waals surface area contributed by atoms with Gasteiger partial charge >= 0.3 is 0 Å². The third-order valence-electron chi connectivity index (χ3n) is 3.40. The second kappa shape index (κ2) is 6.18. The Morgan fingerprint density at radius 2 is 2.14 bits per heavy atom. The molecule has 3 nitrogen and oxygen atoms in total. The van der Waals surface area contributed by atoms with Crippen LogP contribution in [0.3, 0.4) is 0 Å². The van der Waals surface area contributed by atoms with Crippen LogP contribution in [0.15, 0.2) is 42.5 Å². The van der Waals surface area contributed by atoms with Crippen LogP contribution in [0.5, 0.6) is 5.75 Å². The fourth-order valence-electron chi connectivity index (χ4n) is 2.44. The topological polar surface area (TPSA) is 29.5 Å². The maximum absolute atomic E-state index is 13.5. The van der Waals surface area contributed by atoms with Gasteiger partial charge in [-0.25, -0.2) is 4.39 Å². The van der Waals surface area contributed by atoms with E-state index in [1.807, 2.05) is 6.07 Å². The quantitative estimate of drug-likeness (QED) is 0.837. The fourth-order valence-corrected chi connectivity index (χ4v) is 3.77. The number of hydrogen-bond donors (Lipinski definition) is 0. The monoisotopic (exact) mass is 337 g/mol. The van der Waals surface area contributed by atoms with Gasteiger partial charge in [0.15, 0.2) is 0 Å². The van der Waals surface area contributed by atoms with Gasteiger partial charge in [0.2, 0.25) is 5.91 Å². The van der Waals surface area contributed by atoms with Gasteiger partial charge in [-0.2, -0.15) is 0 Å². The molecule has 1 heterocycles. The van der Waals surface area contributed by atoms with Gasteiger partial charge < -0.3 is 4.74 Å². The van der Waals surface area contributed by atoms with Gasteiger partial charge in [0, 0.05) is 5.02 Å². The highest BCUT2D eigenvalue weighted by atomic mass is 35.5. The van der Waals surface area contributed by atoms with Gasteiger partial charge in [-0.15, -0.1) is 11.8 Å². The van der Waals surface area contributed by atoms with Crippen molar-refractivity contribution in [1.82, 2.24) is 0 Å². The zero-order valence-electron chi connectivity index (χ0n) is 11.8. The van der Waals surface area contributed by atoms with Crippen molar-refractivity contribution in [3.63, 3.8) is 0 Å². The summed E-state index contributed by atoms with van der Waals surface area (Å²) in [6.45, 7) is 0. The van der Waals surface area contributed by atoms with Crippen LogP contribution in [0.1, 0.15) is 10.9 Å². The molecular formula is C16H13ClFNO2S. The van der Waals surface area contributed by atoms with Crippen LogP contribution in [0.25, 0.3) is 0 Å². The minimum Gasteiger partial charge on any atom is -0.495 e. The first-order chi connectivity index (χ1) is 10.6. The van der Waals surface area contributed by atoms with Crippen molar-refractivity contribution in [3.05, 3.63) is 58.9 Å². The Morgan fingerprint density at radius 1 is 1.32 bits per heavy atom. The highest BCUT2D eigenvalue weighted by molar-refractivity contribution is 8.00. The highest BCUT2D eigenvalue weighted by Crippen LogP contribution is 2.45. The van der Waals surface area contributed by atoms with E-state index in [4.69, 9.17) is 16.3 Å². The molecule has 0 saturated carbocycles. The Labute approximate surface area is 137 Å². The van der Waals surface area contributed by atoms with Crippen molar-refractivity contribution in [2.75, 3.05) is 17.8 Å². The van der Waals surface area contributed by atoms with E-state index in [0.717, 1.165) is 5.56 Å². The summed E-state index contributed by atoms with van der Waals surface area (Å²) in [6, 6.07) is 11.4. The number of ether oxygens (including phenoxy) is 1. The Hall–Kier alpha value is -1.72. The zero-order chi connectivity index (χ0) is 15.7. The summed E-state index contributed by atoms with van der Waals surface area (Å²) >= 11 is 7.51. The molecule has 22 heavy (non-hydrogen) atoms. The summed E-state index contributed by atoms with van der Waals surface area (Å²) in [5, 5.41) is 0.217. The second-order valence-corrected chi connectivity index (χ2v) is 6.30. The van der Waals surface area contributed by atoms with Gasteiger partial charge in [0.05, 0.1) is 18.6 Å². The normalized spacial score (nSPS) is 17.9. The SMILES string of the molecule is COc1ccc(Cl)cc1N1C(=O)CS[C@H]1c1cccc(F)c1. The van der Waals surface area contributed by atoms with E-state index >= 15 is 0 Å². The molecule has 1 aliphatic heterocycles. The average Bonchev–Trinajstić information content (AvgIpc) is 2.89. The number of carbonyl (C=O) groups excluding carboxylic acids is 1. The van der Waals surface area contributed by atoms with Gasteiger partial charge in [-0.1, -0.05) is 23.7 Å². The number of halogens is 2. The minimum atomic E-state index is -0.324. The third-order valence-corrected chi connectivity index (χ3v) is 4.85. The first-order valence-electron chi connectivity index (χ1n) is 6.63. The van der Waals surface area contributed by atoms with Crippen molar-refractivity contribution in [3.8, 4) is 5.75 Å². The van der Waals surface area contributed by atoms with E-state index in [0.29, 0.717) is 22.2 Å². The minimum absolute atomic E-state index is 0.0557. The first-order valence-corrected chi connectivity index (χ1v) is 8.05. The van der Waals surface area contributed by atoms with Crippen LogP contribution < -0.4 is 9.64 Å². The number of anilines is 1. The maximum Gasteiger partial charge on any atom is 0.238 e. The lowest BCUT2D eigenvalue weighted by atomic mass is 10.1.